The van der Waals surface area contributed by atoms with Crippen molar-refractivity contribution >= 4 is 11.9 Å². The van der Waals surface area contributed by atoms with E-state index in [-0.39, 0.29) is 11.4 Å². The average molecular weight is 368 g/mol. The van der Waals surface area contributed by atoms with Crippen LogP contribution in [-0.4, -0.2) is 73.0 Å². The molecule has 0 spiro atoms. The van der Waals surface area contributed by atoms with E-state index in [1.807, 2.05) is 18.7 Å². The molecule has 26 heavy (non-hydrogen) atoms. The molecule has 1 unspecified atom stereocenters. The molecule has 1 heterocycles. The van der Waals surface area contributed by atoms with Gasteiger partial charge in [0.2, 0.25) is 5.91 Å². The molecule has 152 valence electrons. The zero-order chi connectivity index (χ0) is 19.6. The van der Waals surface area contributed by atoms with Crippen molar-refractivity contribution < 1.29 is 4.79 Å². The summed E-state index contributed by atoms with van der Waals surface area (Å²) in [6.45, 7) is 19.0. The lowest BCUT2D eigenvalue weighted by Gasteiger charge is -2.42. The summed E-state index contributed by atoms with van der Waals surface area (Å²) >= 11 is 0. The molecule has 1 aliphatic heterocycles. The van der Waals surface area contributed by atoms with Gasteiger partial charge in [0.05, 0.1) is 6.54 Å². The number of nitrogens with zero attached hydrogens (tertiary/aromatic N) is 3. The molecule has 6 nitrogen and oxygen atoms in total. The minimum absolute atomic E-state index is 0.0497. The molecule has 0 saturated carbocycles. The number of piperidine rings is 1. The number of carbonyl (C=O) groups excluding carboxylic acids is 1. The van der Waals surface area contributed by atoms with Crippen molar-refractivity contribution in [2.24, 2.45) is 10.9 Å². The van der Waals surface area contributed by atoms with Crippen LogP contribution < -0.4 is 10.6 Å². The van der Waals surface area contributed by atoms with Gasteiger partial charge in [0.25, 0.3) is 0 Å². The highest BCUT2D eigenvalue weighted by molar-refractivity contribution is 5.81. The molecule has 0 aromatic rings. The van der Waals surface area contributed by atoms with E-state index in [1.54, 1.807) is 0 Å². The predicted octanol–water partition coefficient (Wildman–Crippen LogP) is 2.31. The van der Waals surface area contributed by atoms with Gasteiger partial charge < -0.3 is 15.5 Å². The van der Waals surface area contributed by atoms with E-state index in [4.69, 9.17) is 4.99 Å². The smallest absolute Gasteiger partial charge is 0.224 e. The second-order valence-electron chi connectivity index (χ2n) is 7.94. The maximum absolute atomic E-state index is 12.1. The molecule has 1 fully saturated rings. The lowest BCUT2D eigenvalue weighted by molar-refractivity contribution is -0.130. The molecular formula is C20H41N5O. The molecule has 2 N–H and O–H groups in total. The van der Waals surface area contributed by atoms with Crippen molar-refractivity contribution in [3.63, 3.8) is 0 Å². The third-order valence-corrected chi connectivity index (χ3v) is 5.23. The van der Waals surface area contributed by atoms with Crippen LogP contribution >= 0.6 is 0 Å². The van der Waals surface area contributed by atoms with Crippen LogP contribution in [0.25, 0.3) is 0 Å². The molecule has 1 amide bonds. The first-order valence-electron chi connectivity index (χ1n) is 10.4. The van der Waals surface area contributed by atoms with Crippen LogP contribution in [0.15, 0.2) is 4.99 Å². The fraction of sp³-hybridized carbons (Fsp3) is 0.900. The number of aliphatic imine (C=N–C) groups is 1. The molecule has 0 aromatic heterocycles. The van der Waals surface area contributed by atoms with Gasteiger partial charge in [-0.3, -0.25) is 14.7 Å². The van der Waals surface area contributed by atoms with E-state index in [1.165, 1.54) is 12.8 Å². The number of nitrogens with one attached hydrogen (secondary N) is 2. The van der Waals surface area contributed by atoms with Crippen LogP contribution in [0.5, 0.6) is 0 Å². The number of amides is 1. The summed E-state index contributed by atoms with van der Waals surface area (Å²) in [7, 11) is 0. The largest absolute Gasteiger partial charge is 0.357 e. The molecule has 1 aliphatic rings. The van der Waals surface area contributed by atoms with E-state index in [0.717, 1.165) is 51.1 Å². The first-order valence-corrected chi connectivity index (χ1v) is 10.4. The van der Waals surface area contributed by atoms with Gasteiger partial charge in [-0.1, -0.05) is 6.92 Å². The number of rotatable bonds is 9. The number of hydrogen-bond acceptors (Lipinski definition) is 3. The third kappa shape index (κ3) is 7.52. The average Bonchev–Trinajstić information content (AvgIpc) is 2.61. The predicted molar refractivity (Wildman–Crippen MR) is 111 cm³/mol. The summed E-state index contributed by atoms with van der Waals surface area (Å²) in [5.41, 5.74) is 0.0497. The zero-order valence-electron chi connectivity index (χ0n) is 17.9. The Bertz CT molecular complexity index is 445. The lowest BCUT2D eigenvalue weighted by Crippen LogP contribution is -2.51. The Morgan fingerprint density at radius 3 is 2.50 bits per heavy atom. The maximum Gasteiger partial charge on any atom is 0.224 e. The summed E-state index contributed by atoms with van der Waals surface area (Å²) < 4.78 is 0. The van der Waals surface area contributed by atoms with Crippen LogP contribution in [0.3, 0.4) is 0 Å². The van der Waals surface area contributed by atoms with E-state index in [2.05, 4.69) is 43.2 Å². The van der Waals surface area contributed by atoms with Crippen molar-refractivity contribution in [2.75, 3.05) is 45.8 Å². The van der Waals surface area contributed by atoms with Crippen LogP contribution in [-0.2, 0) is 4.79 Å². The van der Waals surface area contributed by atoms with Gasteiger partial charge in [0.15, 0.2) is 5.96 Å². The Balaban J connectivity index is 2.55. The number of likely N-dealkylation sites (tertiary alicyclic amines) is 1. The Morgan fingerprint density at radius 2 is 1.92 bits per heavy atom. The zero-order valence-corrected chi connectivity index (χ0v) is 17.9. The summed E-state index contributed by atoms with van der Waals surface area (Å²) in [5.74, 6) is 1.77. The first kappa shape index (κ1) is 22.7. The molecule has 0 radical (unpaired) electrons. The van der Waals surface area contributed by atoms with Crippen molar-refractivity contribution in [3.8, 4) is 0 Å². The number of hydrogen-bond donors (Lipinski definition) is 2. The molecule has 1 atom stereocenters. The SMILES string of the molecule is CCNC(=NCC(C)(C)N1CCCC(C)C1)NCCC(=O)N(CC)CC. The highest BCUT2D eigenvalue weighted by Crippen LogP contribution is 2.24. The van der Waals surface area contributed by atoms with Crippen LogP contribution in [0, 0.1) is 5.92 Å². The molecular weight excluding hydrogens is 326 g/mol. The summed E-state index contributed by atoms with van der Waals surface area (Å²) in [5, 5.41) is 6.61. The third-order valence-electron chi connectivity index (χ3n) is 5.23. The Kier molecular flexibility index (Phi) is 9.99. The van der Waals surface area contributed by atoms with Crippen LogP contribution in [0.4, 0.5) is 0 Å². The van der Waals surface area contributed by atoms with Crippen LogP contribution in [0.2, 0.25) is 0 Å². The highest BCUT2D eigenvalue weighted by atomic mass is 16.2. The van der Waals surface area contributed by atoms with Crippen molar-refractivity contribution in [2.45, 2.75) is 66.3 Å². The quantitative estimate of drug-likeness (QED) is 0.485. The second kappa shape index (κ2) is 11.4. The van der Waals surface area contributed by atoms with Crippen LogP contribution in [0.1, 0.15) is 60.8 Å². The van der Waals surface area contributed by atoms with Crippen molar-refractivity contribution in [1.82, 2.24) is 20.4 Å². The standard InChI is InChI=1S/C20H41N5O/c1-7-21-19(22-13-12-18(26)24(8-2)9-3)23-16-20(5,6)25-14-10-11-17(4)15-25/h17H,7-16H2,1-6H3,(H2,21,22,23). The van der Waals surface area contributed by atoms with E-state index < -0.39 is 0 Å². The normalized spacial score (nSPS) is 19.3. The van der Waals surface area contributed by atoms with Gasteiger partial charge in [-0.15, -0.1) is 0 Å². The van der Waals surface area contributed by atoms with Gasteiger partial charge in [0, 0.05) is 44.7 Å². The summed E-state index contributed by atoms with van der Waals surface area (Å²) in [4.78, 5) is 21.3. The van der Waals surface area contributed by atoms with Crippen molar-refractivity contribution in [3.05, 3.63) is 0 Å². The van der Waals surface area contributed by atoms with E-state index >= 15 is 0 Å². The number of guanidine groups is 1. The summed E-state index contributed by atoms with van der Waals surface area (Å²) in [6, 6.07) is 0. The molecule has 1 saturated heterocycles. The van der Waals surface area contributed by atoms with Gasteiger partial charge in [0.1, 0.15) is 0 Å². The van der Waals surface area contributed by atoms with Crippen molar-refractivity contribution in [1.29, 1.82) is 0 Å². The first-order chi connectivity index (χ1) is 12.3. The topological polar surface area (TPSA) is 60.0 Å². The fourth-order valence-corrected chi connectivity index (χ4v) is 3.48. The molecule has 0 bridgehead atoms. The fourth-order valence-electron chi connectivity index (χ4n) is 3.48. The minimum atomic E-state index is 0.0497. The molecule has 6 heteroatoms. The van der Waals surface area contributed by atoms with Gasteiger partial charge in [-0.05, 0) is 59.9 Å². The second-order valence-corrected chi connectivity index (χ2v) is 7.94. The van der Waals surface area contributed by atoms with E-state index in [9.17, 15) is 4.79 Å². The molecule has 0 aromatic carbocycles. The Labute approximate surface area is 160 Å². The monoisotopic (exact) mass is 367 g/mol. The van der Waals surface area contributed by atoms with Gasteiger partial charge >= 0.3 is 0 Å². The lowest BCUT2D eigenvalue weighted by atomic mass is 9.94. The number of carbonyl (C=O) groups is 1. The Morgan fingerprint density at radius 1 is 1.23 bits per heavy atom. The van der Waals surface area contributed by atoms with Gasteiger partial charge in [-0.25, -0.2) is 0 Å². The highest BCUT2D eigenvalue weighted by Gasteiger charge is 2.30. The molecule has 0 aliphatic carbocycles. The minimum Gasteiger partial charge on any atom is -0.357 e. The molecule has 1 rings (SSSR count). The Hall–Kier alpha value is -1.30. The summed E-state index contributed by atoms with van der Waals surface area (Å²) in [6.07, 6.45) is 3.11. The van der Waals surface area contributed by atoms with E-state index in [0.29, 0.717) is 13.0 Å². The van der Waals surface area contributed by atoms with Gasteiger partial charge in [-0.2, -0.15) is 0 Å². The maximum atomic E-state index is 12.1.